The second-order valence-corrected chi connectivity index (χ2v) is 3.15. The molecule has 0 aliphatic rings. The fourth-order valence-electron chi connectivity index (χ4n) is 1.13. The first-order valence-corrected chi connectivity index (χ1v) is 4.59. The molecule has 1 heterocycles. The highest BCUT2D eigenvalue weighted by atomic mass is 32.1. The predicted molar refractivity (Wildman–Crippen MR) is 57.4 cm³/mol. The third-order valence-corrected chi connectivity index (χ3v) is 1.95. The van der Waals surface area contributed by atoms with Gasteiger partial charge in [-0.05, 0) is 18.2 Å². The summed E-state index contributed by atoms with van der Waals surface area (Å²) in [5.41, 5.74) is 6.61. The van der Waals surface area contributed by atoms with Crippen molar-refractivity contribution in [3.63, 3.8) is 0 Å². The van der Waals surface area contributed by atoms with E-state index in [1.807, 2.05) is 19.1 Å². The molecule has 0 amide bonds. The Bertz CT molecular complexity index is 273. The molecule has 0 bridgehead atoms. The molecule has 0 radical (unpaired) electrons. The largest absolute Gasteiger partial charge is 0.392 e. The molecule has 0 fully saturated rings. The van der Waals surface area contributed by atoms with E-state index in [1.165, 1.54) is 0 Å². The first-order chi connectivity index (χ1) is 6.25. The molecule has 3 nitrogen and oxygen atoms in total. The maximum absolute atomic E-state index is 5.60. The maximum Gasteiger partial charge on any atom is 0.0946 e. The highest BCUT2D eigenvalue weighted by Crippen LogP contribution is 2.10. The van der Waals surface area contributed by atoms with Crippen molar-refractivity contribution in [2.24, 2.45) is 5.73 Å². The molecule has 4 heteroatoms. The average Bonchev–Trinajstić information content (AvgIpc) is 2.15. The monoisotopic (exact) mass is 195 g/mol. The molecule has 0 aliphatic carbocycles. The van der Waals surface area contributed by atoms with Crippen LogP contribution in [0.1, 0.15) is 18.5 Å². The van der Waals surface area contributed by atoms with Crippen LogP contribution in [0, 0.1) is 0 Å². The van der Waals surface area contributed by atoms with E-state index in [0.29, 0.717) is 4.99 Å². The molecule has 13 heavy (non-hydrogen) atoms. The minimum Gasteiger partial charge on any atom is -0.392 e. The molecule has 3 N–H and O–H groups in total. The van der Waals surface area contributed by atoms with Crippen LogP contribution in [-0.2, 0) is 0 Å². The van der Waals surface area contributed by atoms with E-state index in [2.05, 4.69) is 10.3 Å². The zero-order valence-corrected chi connectivity index (χ0v) is 8.34. The third-order valence-electron chi connectivity index (χ3n) is 1.71. The smallest absolute Gasteiger partial charge is 0.0946 e. The van der Waals surface area contributed by atoms with Crippen molar-refractivity contribution < 1.29 is 0 Å². The lowest BCUT2D eigenvalue weighted by Gasteiger charge is -2.15. The summed E-state index contributed by atoms with van der Waals surface area (Å²) >= 11 is 4.95. The van der Waals surface area contributed by atoms with Crippen molar-refractivity contribution in [3.8, 4) is 0 Å². The van der Waals surface area contributed by atoms with Gasteiger partial charge in [0.1, 0.15) is 0 Å². The van der Waals surface area contributed by atoms with E-state index >= 15 is 0 Å². The van der Waals surface area contributed by atoms with Crippen LogP contribution >= 0.6 is 12.2 Å². The Morgan fingerprint density at radius 1 is 1.77 bits per heavy atom. The summed E-state index contributed by atoms with van der Waals surface area (Å²) in [6.07, 6.45) is 3.50. The zero-order valence-electron chi connectivity index (χ0n) is 7.53. The number of thiocarbonyl (C=S) groups is 1. The van der Waals surface area contributed by atoms with Crippen molar-refractivity contribution in [3.05, 3.63) is 30.1 Å². The standard InChI is InChI=1S/C9H13N3S/c1-2-12-8(9(10)13)7-4-3-5-11-6-7/h3-6,8,12H,2H2,1H3,(H2,10,13)/t8-/m1/s1. The van der Waals surface area contributed by atoms with Crippen LogP contribution in [0.3, 0.4) is 0 Å². The summed E-state index contributed by atoms with van der Waals surface area (Å²) in [6, 6.07) is 3.77. The summed E-state index contributed by atoms with van der Waals surface area (Å²) in [5.74, 6) is 0. The van der Waals surface area contributed by atoms with Gasteiger partial charge in [-0.3, -0.25) is 4.98 Å². The van der Waals surface area contributed by atoms with Crippen molar-refractivity contribution >= 4 is 17.2 Å². The van der Waals surface area contributed by atoms with Gasteiger partial charge in [0.25, 0.3) is 0 Å². The van der Waals surface area contributed by atoms with Crippen LogP contribution in [0.2, 0.25) is 0 Å². The second-order valence-electron chi connectivity index (χ2n) is 2.68. The van der Waals surface area contributed by atoms with E-state index in [0.717, 1.165) is 12.1 Å². The maximum atomic E-state index is 5.60. The van der Waals surface area contributed by atoms with Gasteiger partial charge < -0.3 is 11.1 Å². The number of hydrogen-bond donors (Lipinski definition) is 2. The molecular formula is C9H13N3S. The Morgan fingerprint density at radius 2 is 2.54 bits per heavy atom. The summed E-state index contributed by atoms with van der Waals surface area (Å²) in [7, 11) is 0. The van der Waals surface area contributed by atoms with Crippen LogP contribution in [0.4, 0.5) is 0 Å². The minimum atomic E-state index is -0.0614. The Morgan fingerprint density at radius 3 is 3.00 bits per heavy atom. The van der Waals surface area contributed by atoms with Gasteiger partial charge in [-0.15, -0.1) is 0 Å². The molecule has 0 aliphatic heterocycles. The Labute approximate surface area is 83.4 Å². The van der Waals surface area contributed by atoms with Gasteiger partial charge in [0.15, 0.2) is 0 Å². The highest BCUT2D eigenvalue weighted by Gasteiger charge is 2.12. The van der Waals surface area contributed by atoms with Crippen molar-refractivity contribution in [2.75, 3.05) is 6.54 Å². The van der Waals surface area contributed by atoms with Crippen molar-refractivity contribution in [2.45, 2.75) is 13.0 Å². The first kappa shape index (κ1) is 10.1. The summed E-state index contributed by atoms with van der Waals surface area (Å²) in [6.45, 7) is 2.85. The zero-order chi connectivity index (χ0) is 9.68. The number of pyridine rings is 1. The van der Waals surface area contributed by atoms with Gasteiger partial charge in [0.05, 0.1) is 11.0 Å². The second kappa shape index (κ2) is 4.89. The Hall–Kier alpha value is -1.00. The normalized spacial score (nSPS) is 12.4. The minimum absolute atomic E-state index is 0.0614. The van der Waals surface area contributed by atoms with E-state index in [9.17, 15) is 0 Å². The average molecular weight is 195 g/mol. The number of hydrogen-bond acceptors (Lipinski definition) is 3. The Kier molecular flexibility index (Phi) is 3.79. The molecule has 0 unspecified atom stereocenters. The van der Waals surface area contributed by atoms with Gasteiger partial charge in [-0.1, -0.05) is 25.2 Å². The molecule has 0 saturated carbocycles. The summed E-state index contributed by atoms with van der Waals surface area (Å²) < 4.78 is 0. The summed E-state index contributed by atoms with van der Waals surface area (Å²) in [4.78, 5) is 4.47. The Balaban J connectivity index is 2.82. The lowest BCUT2D eigenvalue weighted by Crippen LogP contribution is -2.32. The molecule has 1 aromatic rings. The number of nitrogens with zero attached hydrogens (tertiary/aromatic N) is 1. The molecule has 1 atom stereocenters. The molecule has 0 saturated heterocycles. The van der Waals surface area contributed by atoms with E-state index < -0.39 is 0 Å². The highest BCUT2D eigenvalue weighted by molar-refractivity contribution is 7.80. The van der Waals surface area contributed by atoms with Gasteiger partial charge in [0, 0.05) is 12.4 Å². The molecule has 70 valence electrons. The molecular weight excluding hydrogens is 182 g/mol. The van der Waals surface area contributed by atoms with Gasteiger partial charge in [0.2, 0.25) is 0 Å². The van der Waals surface area contributed by atoms with Crippen LogP contribution in [0.25, 0.3) is 0 Å². The predicted octanol–water partition coefficient (Wildman–Crippen LogP) is 1.02. The number of aromatic nitrogens is 1. The fraction of sp³-hybridized carbons (Fsp3) is 0.333. The SMILES string of the molecule is CCN[C@@H](C(N)=S)c1cccnc1. The van der Waals surface area contributed by atoms with E-state index in [1.54, 1.807) is 12.4 Å². The van der Waals surface area contributed by atoms with Crippen LogP contribution in [0.5, 0.6) is 0 Å². The number of nitrogens with two attached hydrogens (primary N) is 1. The lowest BCUT2D eigenvalue weighted by molar-refractivity contribution is 0.676. The number of nitrogens with one attached hydrogen (secondary N) is 1. The topological polar surface area (TPSA) is 50.9 Å². The van der Waals surface area contributed by atoms with Gasteiger partial charge in [-0.25, -0.2) is 0 Å². The van der Waals surface area contributed by atoms with Gasteiger partial charge in [-0.2, -0.15) is 0 Å². The van der Waals surface area contributed by atoms with Gasteiger partial charge >= 0.3 is 0 Å². The van der Waals surface area contributed by atoms with Crippen LogP contribution in [-0.4, -0.2) is 16.5 Å². The first-order valence-electron chi connectivity index (χ1n) is 4.18. The van der Waals surface area contributed by atoms with Crippen molar-refractivity contribution in [1.82, 2.24) is 10.3 Å². The lowest BCUT2D eigenvalue weighted by atomic mass is 10.1. The fourth-order valence-corrected chi connectivity index (χ4v) is 1.35. The van der Waals surface area contributed by atoms with E-state index in [-0.39, 0.29) is 6.04 Å². The van der Waals surface area contributed by atoms with E-state index in [4.69, 9.17) is 18.0 Å². The number of rotatable bonds is 4. The number of likely N-dealkylation sites (N-methyl/N-ethyl adjacent to an activating group) is 1. The third kappa shape index (κ3) is 2.75. The molecule has 0 aromatic carbocycles. The summed E-state index contributed by atoms with van der Waals surface area (Å²) in [5, 5.41) is 3.19. The quantitative estimate of drug-likeness (QED) is 0.704. The van der Waals surface area contributed by atoms with Crippen LogP contribution in [0.15, 0.2) is 24.5 Å². The van der Waals surface area contributed by atoms with Crippen LogP contribution < -0.4 is 11.1 Å². The molecule has 1 rings (SSSR count). The molecule has 1 aromatic heterocycles. The van der Waals surface area contributed by atoms with Crippen molar-refractivity contribution in [1.29, 1.82) is 0 Å². The molecule has 0 spiro atoms.